The molecule has 0 spiro atoms. The molecule has 1 aliphatic rings. The van der Waals surface area contributed by atoms with Gasteiger partial charge in [-0.2, -0.15) is 0 Å². The van der Waals surface area contributed by atoms with E-state index in [2.05, 4.69) is 29.2 Å². The van der Waals surface area contributed by atoms with Crippen LogP contribution in [0, 0.1) is 5.92 Å². The van der Waals surface area contributed by atoms with Crippen LogP contribution in [0.25, 0.3) is 10.8 Å². The lowest BCUT2D eigenvalue weighted by Gasteiger charge is -2.26. The predicted molar refractivity (Wildman–Crippen MR) is 85.9 cm³/mol. The van der Waals surface area contributed by atoms with E-state index >= 15 is 0 Å². The maximum absolute atomic E-state index is 12.6. The number of halogens is 1. The molecule has 0 fully saturated rings. The van der Waals surface area contributed by atoms with Crippen molar-refractivity contribution in [1.29, 1.82) is 0 Å². The van der Waals surface area contributed by atoms with Gasteiger partial charge in [-0.15, -0.1) is 12.4 Å². The third-order valence-electron chi connectivity index (χ3n) is 4.01. The van der Waals surface area contributed by atoms with Crippen molar-refractivity contribution >= 4 is 29.0 Å². The third-order valence-corrected chi connectivity index (χ3v) is 4.01. The van der Waals surface area contributed by atoms with Crippen LogP contribution in [-0.2, 0) is 6.42 Å². The van der Waals surface area contributed by atoms with Crippen molar-refractivity contribution in [3.63, 3.8) is 0 Å². The number of benzene rings is 2. The van der Waals surface area contributed by atoms with E-state index in [1.807, 2.05) is 26.2 Å². The van der Waals surface area contributed by atoms with Crippen molar-refractivity contribution in [1.82, 2.24) is 4.90 Å². The van der Waals surface area contributed by atoms with E-state index in [9.17, 15) is 4.79 Å². The first-order valence-corrected chi connectivity index (χ1v) is 6.86. The summed E-state index contributed by atoms with van der Waals surface area (Å²) in [6, 6.07) is 12.4. The average Bonchev–Trinajstić information content (AvgIpc) is 2.41. The molecule has 3 heteroatoms. The Bertz CT molecular complexity index is 636. The minimum absolute atomic E-state index is 0. The summed E-state index contributed by atoms with van der Waals surface area (Å²) in [6.45, 7) is 0.852. The Morgan fingerprint density at radius 1 is 1.15 bits per heavy atom. The fourth-order valence-electron chi connectivity index (χ4n) is 3.12. The Morgan fingerprint density at radius 2 is 1.90 bits per heavy atom. The molecule has 2 aromatic rings. The Morgan fingerprint density at radius 3 is 2.65 bits per heavy atom. The quantitative estimate of drug-likeness (QED) is 0.842. The van der Waals surface area contributed by atoms with Crippen LogP contribution in [0.4, 0.5) is 0 Å². The van der Waals surface area contributed by atoms with E-state index < -0.39 is 0 Å². The van der Waals surface area contributed by atoms with Crippen molar-refractivity contribution in [3.05, 3.63) is 47.5 Å². The third kappa shape index (κ3) is 2.58. The summed E-state index contributed by atoms with van der Waals surface area (Å²) >= 11 is 0. The summed E-state index contributed by atoms with van der Waals surface area (Å²) in [5.41, 5.74) is 2.19. The van der Waals surface area contributed by atoms with E-state index in [0.717, 1.165) is 24.9 Å². The summed E-state index contributed by atoms with van der Waals surface area (Å²) < 4.78 is 0. The molecule has 0 aromatic heterocycles. The minimum atomic E-state index is 0. The topological polar surface area (TPSA) is 20.3 Å². The summed E-state index contributed by atoms with van der Waals surface area (Å²) in [7, 11) is 4.06. The van der Waals surface area contributed by atoms with Gasteiger partial charge in [0.2, 0.25) is 0 Å². The second kappa shape index (κ2) is 5.94. The van der Waals surface area contributed by atoms with Gasteiger partial charge in [-0.05, 0) is 43.3 Å². The number of rotatable bonds is 2. The van der Waals surface area contributed by atoms with E-state index in [0.29, 0.717) is 5.78 Å². The Hall–Kier alpha value is -1.38. The lowest BCUT2D eigenvalue weighted by atomic mass is 9.80. The number of ketones is 1. The second-order valence-electron chi connectivity index (χ2n) is 5.67. The van der Waals surface area contributed by atoms with Crippen molar-refractivity contribution in [2.75, 3.05) is 20.6 Å². The highest BCUT2D eigenvalue weighted by atomic mass is 35.5. The predicted octanol–water partition coefficient (Wildman–Crippen LogP) is 3.57. The van der Waals surface area contributed by atoms with Crippen molar-refractivity contribution in [2.45, 2.75) is 12.8 Å². The molecular formula is C17H20ClNO. The smallest absolute Gasteiger partial charge is 0.167 e. The zero-order valence-electron chi connectivity index (χ0n) is 11.9. The van der Waals surface area contributed by atoms with Crippen LogP contribution < -0.4 is 0 Å². The second-order valence-corrected chi connectivity index (χ2v) is 5.67. The number of nitrogens with zero attached hydrogens (tertiary/aromatic N) is 1. The van der Waals surface area contributed by atoms with Crippen molar-refractivity contribution in [2.24, 2.45) is 5.92 Å². The molecule has 0 heterocycles. The van der Waals surface area contributed by atoms with Crippen molar-refractivity contribution in [3.8, 4) is 0 Å². The summed E-state index contributed by atoms with van der Waals surface area (Å²) in [5, 5.41) is 2.48. The van der Waals surface area contributed by atoms with Crippen molar-refractivity contribution < 1.29 is 4.79 Å². The molecule has 0 bridgehead atoms. The number of carbonyl (C=O) groups excluding carboxylic acids is 1. The Balaban J connectivity index is 0.00000147. The van der Waals surface area contributed by atoms with Crippen LogP contribution in [0.15, 0.2) is 36.4 Å². The number of fused-ring (bicyclic) bond motifs is 3. The average molecular weight is 290 g/mol. The van der Waals surface area contributed by atoms with Gasteiger partial charge in [-0.25, -0.2) is 0 Å². The highest BCUT2D eigenvalue weighted by molar-refractivity contribution is 6.05. The molecule has 0 saturated carbocycles. The number of carbonyl (C=O) groups is 1. The molecule has 2 aromatic carbocycles. The Kier molecular flexibility index (Phi) is 4.46. The van der Waals surface area contributed by atoms with Gasteiger partial charge in [0.15, 0.2) is 5.78 Å². The zero-order chi connectivity index (χ0) is 13.4. The van der Waals surface area contributed by atoms with E-state index in [-0.39, 0.29) is 18.3 Å². The number of hydrogen-bond acceptors (Lipinski definition) is 2. The fourth-order valence-corrected chi connectivity index (χ4v) is 3.12. The number of Topliss-reactive ketones (excluding diaryl/α,β-unsaturated/α-hetero) is 1. The zero-order valence-corrected chi connectivity index (χ0v) is 12.7. The molecule has 3 rings (SSSR count). The number of aryl methyl sites for hydroxylation is 1. The standard InChI is InChI=1S/C17H19NO.ClH/c1-18(2)11-13-8-9-15-14-6-4-3-5-12(14)7-10-16(15)17(13)19;/h3-7,10,13H,8-9,11H2,1-2H3;1H. The summed E-state index contributed by atoms with van der Waals surface area (Å²) in [5.74, 6) is 0.476. The van der Waals surface area contributed by atoms with Crippen LogP contribution in [0.5, 0.6) is 0 Å². The van der Waals surface area contributed by atoms with Crippen LogP contribution in [-0.4, -0.2) is 31.3 Å². The lowest BCUT2D eigenvalue weighted by molar-refractivity contribution is 0.0878. The van der Waals surface area contributed by atoms with Gasteiger partial charge < -0.3 is 4.90 Å². The molecular weight excluding hydrogens is 270 g/mol. The van der Waals surface area contributed by atoms with Gasteiger partial charge >= 0.3 is 0 Å². The molecule has 0 radical (unpaired) electrons. The molecule has 0 N–H and O–H groups in total. The fraction of sp³-hybridized carbons (Fsp3) is 0.353. The molecule has 1 atom stereocenters. The maximum atomic E-state index is 12.6. The maximum Gasteiger partial charge on any atom is 0.167 e. The molecule has 1 unspecified atom stereocenters. The van der Waals surface area contributed by atoms with Crippen LogP contribution in [0.1, 0.15) is 22.3 Å². The summed E-state index contributed by atoms with van der Waals surface area (Å²) in [6.07, 6.45) is 1.99. The highest BCUT2D eigenvalue weighted by Crippen LogP contribution is 2.31. The van der Waals surface area contributed by atoms with Gasteiger partial charge in [0.25, 0.3) is 0 Å². The molecule has 0 amide bonds. The SMILES string of the molecule is CN(C)CC1CCc2c(ccc3ccccc23)C1=O.Cl. The van der Waals surface area contributed by atoms with Gasteiger partial charge in [0.05, 0.1) is 0 Å². The summed E-state index contributed by atoms with van der Waals surface area (Å²) in [4.78, 5) is 14.7. The van der Waals surface area contributed by atoms with Gasteiger partial charge in [-0.3, -0.25) is 4.79 Å². The van der Waals surface area contributed by atoms with Gasteiger partial charge in [0, 0.05) is 18.0 Å². The van der Waals surface area contributed by atoms with Crippen LogP contribution in [0.3, 0.4) is 0 Å². The van der Waals surface area contributed by atoms with E-state index in [1.54, 1.807) is 0 Å². The molecule has 2 nitrogen and oxygen atoms in total. The van der Waals surface area contributed by atoms with Gasteiger partial charge in [0.1, 0.15) is 0 Å². The monoisotopic (exact) mass is 289 g/mol. The first-order chi connectivity index (χ1) is 9.16. The molecule has 106 valence electrons. The highest BCUT2D eigenvalue weighted by Gasteiger charge is 2.28. The van der Waals surface area contributed by atoms with E-state index in [4.69, 9.17) is 0 Å². The molecule has 0 saturated heterocycles. The molecule has 0 aliphatic heterocycles. The molecule has 1 aliphatic carbocycles. The minimum Gasteiger partial charge on any atom is -0.309 e. The normalized spacial score (nSPS) is 17.9. The Labute approximate surface area is 126 Å². The van der Waals surface area contributed by atoms with Gasteiger partial charge in [-0.1, -0.05) is 36.4 Å². The first-order valence-electron chi connectivity index (χ1n) is 6.86. The number of hydrogen-bond donors (Lipinski definition) is 0. The first kappa shape index (κ1) is 15.0. The van der Waals surface area contributed by atoms with Crippen LogP contribution in [0.2, 0.25) is 0 Å². The largest absolute Gasteiger partial charge is 0.309 e. The molecule has 20 heavy (non-hydrogen) atoms. The lowest BCUT2D eigenvalue weighted by Crippen LogP contribution is -2.31. The van der Waals surface area contributed by atoms with Crippen LogP contribution >= 0.6 is 12.4 Å². The van der Waals surface area contributed by atoms with E-state index in [1.165, 1.54) is 16.3 Å².